The number of nitrogens with one attached hydrogen (secondary N) is 1. The quantitative estimate of drug-likeness (QED) is 0.328. The van der Waals surface area contributed by atoms with E-state index in [1.54, 1.807) is 20.8 Å². The summed E-state index contributed by atoms with van der Waals surface area (Å²) in [5, 5.41) is 3.30. The fourth-order valence-electron chi connectivity index (χ4n) is 0.618. The summed E-state index contributed by atoms with van der Waals surface area (Å²) >= 11 is 0. The minimum absolute atomic E-state index is 0.304. The maximum absolute atomic E-state index is 11.5. The fourth-order valence-corrected chi connectivity index (χ4v) is 1.46. The van der Waals surface area contributed by atoms with Gasteiger partial charge in [0.2, 0.25) is 10.0 Å². The van der Waals surface area contributed by atoms with Crippen LogP contribution in [0.15, 0.2) is 5.11 Å². The molecule has 0 aromatic rings. The minimum Gasteiger partial charge on any atom is -0.215 e. The summed E-state index contributed by atoms with van der Waals surface area (Å²) < 4.78 is 24.6. The van der Waals surface area contributed by atoms with Gasteiger partial charge in [0, 0.05) is 18.0 Å². The molecule has 0 unspecified atom stereocenters. The Balaban J connectivity index is 3.96. The van der Waals surface area contributed by atoms with Crippen molar-refractivity contribution in [1.82, 2.24) is 4.72 Å². The standard InChI is InChI=1S/C7H16N4O2S/c1-7(2,3)14(12,13)10-6-4-5-9-11-8/h10H,4-6H2,1-3H3. The summed E-state index contributed by atoms with van der Waals surface area (Å²) in [6.07, 6.45) is 0.513. The Morgan fingerprint density at radius 3 is 2.43 bits per heavy atom. The van der Waals surface area contributed by atoms with E-state index in [2.05, 4.69) is 14.7 Å². The van der Waals surface area contributed by atoms with Crippen molar-refractivity contribution in [2.24, 2.45) is 5.11 Å². The molecule has 0 aliphatic heterocycles. The number of azide groups is 1. The predicted molar refractivity (Wildman–Crippen MR) is 55.3 cm³/mol. The molecule has 0 aliphatic rings. The van der Waals surface area contributed by atoms with Gasteiger partial charge in [-0.05, 0) is 32.7 Å². The average molecular weight is 220 g/mol. The molecule has 0 amide bonds. The van der Waals surface area contributed by atoms with E-state index in [1.807, 2.05) is 0 Å². The van der Waals surface area contributed by atoms with Crippen molar-refractivity contribution in [2.75, 3.05) is 13.1 Å². The first-order chi connectivity index (χ1) is 6.31. The molecule has 7 heteroatoms. The molecular weight excluding hydrogens is 204 g/mol. The molecule has 82 valence electrons. The summed E-state index contributed by atoms with van der Waals surface area (Å²) in [6, 6.07) is 0. The highest BCUT2D eigenvalue weighted by Crippen LogP contribution is 2.12. The second kappa shape index (κ2) is 5.19. The van der Waals surface area contributed by atoms with Crippen molar-refractivity contribution in [3.8, 4) is 0 Å². The van der Waals surface area contributed by atoms with Crippen molar-refractivity contribution in [3.63, 3.8) is 0 Å². The van der Waals surface area contributed by atoms with Crippen molar-refractivity contribution in [1.29, 1.82) is 0 Å². The van der Waals surface area contributed by atoms with E-state index in [0.717, 1.165) is 0 Å². The molecule has 0 fully saturated rings. The lowest BCUT2D eigenvalue weighted by Crippen LogP contribution is -2.39. The van der Waals surface area contributed by atoms with Crippen LogP contribution in [0.4, 0.5) is 0 Å². The Labute approximate surface area is 84.4 Å². The van der Waals surface area contributed by atoms with Gasteiger partial charge in [0.1, 0.15) is 0 Å². The molecule has 0 saturated carbocycles. The zero-order chi connectivity index (χ0) is 11.2. The van der Waals surface area contributed by atoms with E-state index in [4.69, 9.17) is 5.53 Å². The van der Waals surface area contributed by atoms with E-state index >= 15 is 0 Å². The lowest BCUT2D eigenvalue weighted by Gasteiger charge is -2.19. The van der Waals surface area contributed by atoms with Gasteiger partial charge in [0.25, 0.3) is 0 Å². The van der Waals surface area contributed by atoms with Crippen LogP contribution >= 0.6 is 0 Å². The van der Waals surface area contributed by atoms with Gasteiger partial charge in [-0.3, -0.25) is 0 Å². The second-order valence-corrected chi connectivity index (χ2v) is 6.34. The molecule has 0 atom stereocenters. The number of hydrogen-bond acceptors (Lipinski definition) is 3. The summed E-state index contributed by atoms with van der Waals surface area (Å²) in [5.41, 5.74) is 7.97. The maximum Gasteiger partial charge on any atom is 0.216 e. The van der Waals surface area contributed by atoms with Crippen molar-refractivity contribution < 1.29 is 8.42 Å². The summed E-state index contributed by atoms with van der Waals surface area (Å²) in [5.74, 6) is 0. The van der Waals surface area contributed by atoms with Crippen LogP contribution < -0.4 is 4.72 Å². The van der Waals surface area contributed by atoms with Gasteiger partial charge in [-0.2, -0.15) is 0 Å². The van der Waals surface area contributed by atoms with E-state index in [9.17, 15) is 8.42 Å². The Kier molecular flexibility index (Phi) is 4.90. The molecule has 1 N–H and O–H groups in total. The second-order valence-electron chi connectivity index (χ2n) is 3.82. The number of nitrogens with zero attached hydrogens (tertiary/aromatic N) is 3. The van der Waals surface area contributed by atoms with Crippen molar-refractivity contribution in [2.45, 2.75) is 31.9 Å². The third kappa shape index (κ3) is 4.45. The monoisotopic (exact) mass is 220 g/mol. The Hall–Kier alpha value is -0.780. The van der Waals surface area contributed by atoms with Crippen molar-refractivity contribution >= 4 is 10.0 Å². The summed E-state index contributed by atoms with van der Waals surface area (Å²) in [6.45, 7) is 5.50. The van der Waals surface area contributed by atoms with Gasteiger partial charge >= 0.3 is 0 Å². The zero-order valence-corrected chi connectivity index (χ0v) is 9.50. The smallest absolute Gasteiger partial charge is 0.215 e. The molecule has 14 heavy (non-hydrogen) atoms. The van der Waals surface area contributed by atoms with E-state index in [0.29, 0.717) is 19.5 Å². The molecule has 0 bridgehead atoms. The van der Waals surface area contributed by atoms with Crippen LogP contribution in [0.3, 0.4) is 0 Å². The lowest BCUT2D eigenvalue weighted by atomic mass is 10.3. The third-order valence-electron chi connectivity index (χ3n) is 1.60. The summed E-state index contributed by atoms with van der Waals surface area (Å²) in [4.78, 5) is 2.57. The maximum atomic E-state index is 11.5. The Morgan fingerprint density at radius 2 is 2.00 bits per heavy atom. The Bertz CT molecular complexity index is 311. The van der Waals surface area contributed by atoms with E-state index in [1.165, 1.54) is 0 Å². The van der Waals surface area contributed by atoms with Crippen LogP contribution in [0.25, 0.3) is 10.4 Å². The average Bonchev–Trinajstić information content (AvgIpc) is 2.02. The highest BCUT2D eigenvalue weighted by Gasteiger charge is 2.27. The highest BCUT2D eigenvalue weighted by molar-refractivity contribution is 7.90. The SMILES string of the molecule is CC(C)(C)S(=O)(=O)NCCCN=[N+]=[N-]. The fraction of sp³-hybridized carbons (Fsp3) is 1.00. The lowest BCUT2D eigenvalue weighted by molar-refractivity contribution is 0.543. The van der Waals surface area contributed by atoms with E-state index < -0.39 is 14.8 Å². The molecule has 0 aromatic carbocycles. The van der Waals surface area contributed by atoms with Gasteiger partial charge in [0.05, 0.1) is 4.75 Å². The topological polar surface area (TPSA) is 94.9 Å². The molecule has 0 rings (SSSR count). The van der Waals surface area contributed by atoms with E-state index in [-0.39, 0.29) is 0 Å². The molecule has 0 radical (unpaired) electrons. The zero-order valence-electron chi connectivity index (χ0n) is 8.69. The number of rotatable bonds is 5. The van der Waals surface area contributed by atoms with Gasteiger partial charge in [-0.25, -0.2) is 13.1 Å². The predicted octanol–water partition coefficient (Wildman–Crippen LogP) is 1.40. The number of sulfonamides is 1. The first-order valence-corrected chi connectivity index (χ1v) is 5.79. The molecule has 0 heterocycles. The van der Waals surface area contributed by atoms with Crippen LogP contribution in [0.5, 0.6) is 0 Å². The molecule has 6 nitrogen and oxygen atoms in total. The largest absolute Gasteiger partial charge is 0.216 e. The number of hydrogen-bond donors (Lipinski definition) is 1. The Morgan fingerprint density at radius 1 is 1.43 bits per heavy atom. The first-order valence-electron chi connectivity index (χ1n) is 4.31. The molecule has 0 aromatic heterocycles. The van der Waals surface area contributed by atoms with Gasteiger partial charge in [-0.1, -0.05) is 5.11 Å². The molecule has 0 saturated heterocycles. The normalized spacial score (nSPS) is 12.2. The first kappa shape index (κ1) is 13.2. The molecular formula is C7H16N4O2S. The van der Waals surface area contributed by atoms with Crippen LogP contribution in [0, 0.1) is 0 Å². The van der Waals surface area contributed by atoms with Crippen LogP contribution in [0.2, 0.25) is 0 Å². The van der Waals surface area contributed by atoms with Crippen LogP contribution in [-0.2, 0) is 10.0 Å². The highest BCUT2D eigenvalue weighted by atomic mass is 32.2. The molecule has 0 aliphatic carbocycles. The van der Waals surface area contributed by atoms with Crippen LogP contribution in [-0.4, -0.2) is 26.3 Å². The minimum atomic E-state index is -3.27. The van der Waals surface area contributed by atoms with Gasteiger partial charge < -0.3 is 0 Å². The third-order valence-corrected chi connectivity index (χ3v) is 3.79. The van der Waals surface area contributed by atoms with Gasteiger partial charge in [0.15, 0.2) is 0 Å². The molecule has 0 spiro atoms. The van der Waals surface area contributed by atoms with Crippen LogP contribution in [0.1, 0.15) is 27.2 Å². The van der Waals surface area contributed by atoms with Gasteiger partial charge in [-0.15, -0.1) is 0 Å². The van der Waals surface area contributed by atoms with Crippen molar-refractivity contribution in [3.05, 3.63) is 10.4 Å². The summed E-state index contributed by atoms with van der Waals surface area (Å²) in [7, 11) is -3.27.